The standard InChI is InChI=1S/C31H47NO5/c1-5-6-7-8-9-10-11-12-13-14-28(34)37-30-26(35-3)16-15-22-19-24-23-20-27(36-4)25(33)21-31(23,29(22)30)17-18-32(24)2/h15-16,23-24,27H,5-14,17-21H2,1-4H3/t23-,24+,27-,31-/m1/s1. The molecule has 1 saturated heterocycles. The van der Waals surface area contributed by atoms with Gasteiger partial charge in [0.1, 0.15) is 6.10 Å². The number of unbranched alkanes of at least 4 members (excludes halogenated alkanes) is 8. The smallest absolute Gasteiger partial charge is 0.311 e. The number of rotatable bonds is 13. The maximum absolute atomic E-state index is 13.2. The number of likely N-dealkylation sites (N-methyl/N-ethyl adjacent to an activating group) is 1. The molecule has 0 aromatic heterocycles. The molecule has 2 bridgehead atoms. The van der Waals surface area contributed by atoms with Gasteiger partial charge in [-0.05, 0) is 56.8 Å². The average molecular weight is 514 g/mol. The Morgan fingerprint density at radius 3 is 2.43 bits per heavy atom. The number of Topliss-reactive ketones (excluding diaryl/α,β-unsaturated/α-hetero) is 1. The maximum atomic E-state index is 13.2. The summed E-state index contributed by atoms with van der Waals surface area (Å²) in [6, 6.07) is 4.39. The van der Waals surface area contributed by atoms with Crippen LogP contribution >= 0.6 is 0 Å². The number of esters is 1. The third-order valence-electron chi connectivity index (χ3n) is 9.31. The van der Waals surface area contributed by atoms with Crippen LogP contribution in [-0.2, 0) is 26.2 Å². The molecule has 6 nitrogen and oxygen atoms in total. The number of carbonyl (C=O) groups is 2. The van der Waals surface area contributed by atoms with Crippen LogP contribution < -0.4 is 9.47 Å². The number of likely N-dealkylation sites (tertiary alicyclic amines) is 1. The highest BCUT2D eigenvalue weighted by Gasteiger charge is 2.58. The highest BCUT2D eigenvalue weighted by Crippen LogP contribution is 2.58. The van der Waals surface area contributed by atoms with Crippen LogP contribution in [0.4, 0.5) is 0 Å². The number of hydrogen-bond donors (Lipinski definition) is 0. The van der Waals surface area contributed by atoms with E-state index in [9.17, 15) is 9.59 Å². The van der Waals surface area contributed by atoms with Gasteiger partial charge in [-0.25, -0.2) is 0 Å². The fourth-order valence-corrected chi connectivity index (χ4v) is 7.27. The van der Waals surface area contributed by atoms with E-state index in [-0.39, 0.29) is 29.2 Å². The number of ether oxygens (including phenoxy) is 3. The third-order valence-corrected chi connectivity index (χ3v) is 9.31. The number of fused-ring (bicyclic) bond motifs is 1. The Labute approximate surface area is 223 Å². The van der Waals surface area contributed by atoms with E-state index >= 15 is 0 Å². The molecule has 0 amide bonds. The SMILES string of the molecule is CCCCCCCCCCCC(=O)Oc1c(OC)ccc2c1[C@@]13CCN(C)[C@@H](C2)[C@H]1C[C@@H](OC)C(=O)C3. The summed E-state index contributed by atoms with van der Waals surface area (Å²) < 4.78 is 17.5. The number of hydrogen-bond acceptors (Lipinski definition) is 6. The largest absolute Gasteiger partial charge is 0.493 e. The van der Waals surface area contributed by atoms with E-state index in [0.717, 1.165) is 37.8 Å². The predicted molar refractivity (Wildman–Crippen MR) is 145 cm³/mol. The van der Waals surface area contributed by atoms with E-state index in [0.29, 0.717) is 36.8 Å². The summed E-state index contributed by atoms with van der Waals surface area (Å²) in [4.78, 5) is 28.7. The number of ketones is 1. The molecule has 6 heteroatoms. The lowest BCUT2D eigenvalue weighted by molar-refractivity contribution is -0.141. The summed E-state index contributed by atoms with van der Waals surface area (Å²) >= 11 is 0. The second-order valence-electron chi connectivity index (χ2n) is 11.6. The first kappa shape index (κ1) is 28.1. The van der Waals surface area contributed by atoms with Crippen molar-refractivity contribution in [3.05, 3.63) is 23.3 Å². The molecule has 1 aromatic rings. The van der Waals surface area contributed by atoms with Crippen molar-refractivity contribution in [2.45, 2.75) is 114 Å². The minimum absolute atomic E-state index is 0.157. The Bertz CT molecular complexity index is 946. The van der Waals surface area contributed by atoms with Crippen molar-refractivity contribution in [2.24, 2.45) is 5.92 Å². The van der Waals surface area contributed by atoms with Crippen molar-refractivity contribution >= 4 is 11.8 Å². The molecule has 0 radical (unpaired) electrons. The molecule has 0 N–H and O–H groups in total. The first-order valence-electron chi connectivity index (χ1n) is 14.6. The van der Waals surface area contributed by atoms with Gasteiger partial charge in [0.15, 0.2) is 17.3 Å². The zero-order chi connectivity index (χ0) is 26.4. The van der Waals surface area contributed by atoms with Crippen molar-refractivity contribution in [2.75, 3.05) is 27.8 Å². The topological polar surface area (TPSA) is 65.1 Å². The van der Waals surface area contributed by atoms with E-state index in [2.05, 4.69) is 24.9 Å². The predicted octanol–water partition coefficient (Wildman–Crippen LogP) is 6.01. The maximum Gasteiger partial charge on any atom is 0.311 e. The Morgan fingerprint density at radius 1 is 1.05 bits per heavy atom. The Hall–Kier alpha value is -1.92. The highest BCUT2D eigenvalue weighted by molar-refractivity contribution is 5.87. The van der Waals surface area contributed by atoms with Crippen LogP contribution in [0.25, 0.3) is 0 Å². The summed E-state index contributed by atoms with van der Waals surface area (Å²) in [5.41, 5.74) is 1.89. The van der Waals surface area contributed by atoms with Crippen LogP contribution in [-0.4, -0.2) is 56.6 Å². The zero-order valence-corrected chi connectivity index (χ0v) is 23.5. The second-order valence-corrected chi connectivity index (χ2v) is 11.6. The molecule has 1 saturated carbocycles. The van der Waals surface area contributed by atoms with Gasteiger partial charge in [0.2, 0.25) is 0 Å². The van der Waals surface area contributed by atoms with Gasteiger partial charge in [0.25, 0.3) is 0 Å². The van der Waals surface area contributed by atoms with Crippen LogP contribution in [0.1, 0.15) is 102 Å². The third kappa shape index (κ3) is 5.90. The summed E-state index contributed by atoms with van der Waals surface area (Å²) in [6.45, 7) is 3.17. The molecule has 0 spiro atoms. The van der Waals surface area contributed by atoms with Crippen molar-refractivity contribution in [3.8, 4) is 11.5 Å². The minimum atomic E-state index is -0.350. The first-order chi connectivity index (χ1) is 17.9. The van der Waals surface area contributed by atoms with Gasteiger partial charge in [-0.1, -0.05) is 64.4 Å². The molecule has 1 aliphatic heterocycles. The first-order valence-corrected chi connectivity index (χ1v) is 14.6. The summed E-state index contributed by atoms with van der Waals surface area (Å²) in [6.07, 6.45) is 13.8. The number of benzene rings is 1. The van der Waals surface area contributed by atoms with Crippen molar-refractivity contribution in [3.63, 3.8) is 0 Å². The molecular weight excluding hydrogens is 466 g/mol. The fourth-order valence-electron chi connectivity index (χ4n) is 7.27. The molecule has 37 heavy (non-hydrogen) atoms. The van der Waals surface area contributed by atoms with Crippen molar-refractivity contribution in [1.29, 1.82) is 0 Å². The molecule has 206 valence electrons. The van der Waals surface area contributed by atoms with Crippen LogP contribution in [0.15, 0.2) is 12.1 Å². The van der Waals surface area contributed by atoms with Crippen LogP contribution in [0.5, 0.6) is 11.5 Å². The quantitative estimate of drug-likeness (QED) is 0.183. The molecule has 3 aliphatic rings. The normalized spacial score (nSPS) is 26.9. The molecule has 4 atom stereocenters. The molecule has 1 heterocycles. The van der Waals surface area contributed by atoms with Crippen LogP contribution in [0.3, 0.4) is 0 Å². The summed E-state index contributed by atoms with van der Waals surface area (Å²) in [5.74, 6) is 1.38. The van der Waals surface area contributed by atoms with E-state index in [1.807, 2.05) is 6.07 Å². The molecule has 4 rings (SSSR count). The monoisotopic (exact) mass is 513 g/mol. The number of nitrogens with zero attached hydrogens (tertiary/aromatic N) is 1. The molecular formula is C31H47NO5. The van der Waals surface area contributed by atoms with Gasteiger partial charge in [-0.3, -0.25) is 9.59 Å². The van der Waals surface area contributed by atoms with Gasteiger partial charge in [0, 0.05) is 37.0 Å². The number of piperidine rings is 1. The zero-order valence-electron chi connectivity index (χ0n) is 23.5. The molecule has 0 unspecified atom stereocenters. The lowest BCUT2D eigenvalue weighted by atomic mass is 9.51. The van der Waals surface area contributed by atoms with E-state index in [1.54, 1.807) is 14.2 Å². The Kier molecular flexibility index (Phi) is 9.68. The van der Waals surface area contributed by atoms with Crippen LogP contribution in [0, 0.1) is 5.92 Å². The van der Waals surface area contributed by atoms with Gasteiger partial charge >= 0.3 is 5.97 Å². The van der Waals surface area contributed by atoms with Crippen molar-refractivity contribution in [1.82, 2.24) is 4.90 Å². The summed E-state index contributed by atoms with van der Waals surface area (Å²) in [7, 11) is 5.45. The van der Waals surface area contributed by atoms with E-state index < -0.39 is 0 Å². The number of carbonyl (C=O) groups excluding carboxylic acids is 2. The molecule has 2 fully saturated rings. The van der Waals surface area contributed by atoms with Gasteiger partial charge in [-0.15, -0.1) is 0 Å². The second kappa shape index (κ2) is 12.8. The highest BCUT2D eigenvalue weighted by atomic mass is 16.6. The van der Waals surface area contributed by atoms with Gasteiger partial charge < -0.3 is 19.1 Å². The average Bonchev–Trinajstić information content (AvgIpc) is 2.89. The van der Waals surface area contributed by atoms with Crippen molar-refractivity contribution < 1.29 is 23.8 Å². The summed E-state index contributed by atoms with van der Waals surface area (Å²) in [5, 5.41) is 0. The fraction of sp³-hybridized carbons (Fsp3) is 0.742. The van der Waals surface area contributed by atoms with E-state index in [1.165, 1.54) is 50.5 Å². The molecule has 2 aliphatic carbocycles. The number of methoxy groups -OCH3 is 2. The Balaban J connectivity index is 1.48. The van der Waals surface area contributed by atoms with E-state index in [4.69, 9.17) is 14.2 Å². The minimum Gasteiger partial charge on any atom is -0.493 e. The molecule has 1 aromatic carbocycles. The van der Waals surface area contributed by atoms with Gasteiger partial charge in [0.05, 0.1) is 7.11 Å². The van der Waals surface area contributed by atoms with Gasteiger partial charge in [-0.2, -0.15) is 0 Å². The lowest BCUT2D eigenvalue weighted by Crippen LogP contribution is -2.63. The lowest BCUT2D eigenvalue weighted by Gasteiger charge is -2.58. The van der Waals surface area contributed by atoms with Crippen LogP contribution in [0.2, 0.25) is 0 Å². The Morgan fingerprint density at radius 2 is 1.76 bits per heavy atom.